The number of alkyl halides is 3. The molecule has 0 fully saturated rings. The lowest BCUT2D eigenvalue weighted by Gasteiger charge is -2.24. The molecule has 0 saturated carbocycles. The number of aromatic carboxylic acids is 1. The van der Waals surface area contributed by atoms with Crippen LogP contribution in [0, 0.1) is 0 Å². The van der Waals surface area contributed by atoms with E-state index in [0.717, 1.165) is 12.1 Å². The first-order valence-electron chi connectivity index (χ1n) is 6.97. The minimum atomic E-state index is -4.42. The zero-order chi connectivity index (χ0) is 17.5. The van der Waals surface area contributed by atoms with Crippen LogP contribution in [-0.2, 0) is 6.18 Å². The van der Waals surface area contributed by atoms with Crippen molar-refractivity contribution in [2.75, 3.05) is 5.32 Å². The minimum absolute atomic E-state index is 0.0436. The Balaban J connectivity index is 1.94. The Morgan fingerprint density at radius 3 is 2.33 bits per heavy atom. The number of fused-ring (bicyclic) bond motifs is 1. The normalized spacial score (nSPS) is 16.8. The number of halogens is 3. The third-order valence-electron chi connectivity index (χ3n) is 3.74. The highest BCUT2D eigenvalue weighted by molar-refractivity contribution is 5.91. The second-order valence-corrected chi connectivity index (χ2v) is 5.33. The molecule has 1 atom stereocenters. The van der Waals surface area contributed by atoms with Crippen LogP contribution in [0.4, 0.5) is 18.9 Å². The molecule has 1 heterocycles. The maximum Gasteiger partial charge on any atom is 0.416 e. The monoisotopic (exact) mass is 335 g/mol. The van der Waals surface area contributed by atoms with Crippen LogP contribution < -0.4 is 5.32 Å². The van der Waals surface area contributed by atoms with Crippen LogP contribution in [-0.4, -0.2) is 16.2 Å². The molecule has 1 aliphatic heterocycles. The van der Waals surface area contributed by atoms with Crippen LogP contribution in [0.15, 0.2) is 48.5 Å². The number of carbonyl (C=O) groups is 1. The van der Waals surface area contributed by atoms with Gasteiger partial charge in [0, 0.05) is 16.9 Å². The largest absolute Gasteiger partial charge is 0.478 e. The van der Waals surface area contributed by atoms with E-state index in [1.54, 1.807) is 0 Å². The molecule has 3 rings (SSSR count). The third kappa shape index (κ3) is 2.98. The lowest BCUT2D eigenvalue weighted by atomic mass is 9.97. The summed E-state index contributed by atoms with van der Waals surface area (Å²) in [7, 11) is 0. The summed E-state index contributed by atoms with van der Waals surface area (Å²) < 4.78 is 37.8. The maximum absolute atomic E-state index is 12.6. The SMILES string of the molecule is O=C(O)c1ccc2c(c1)NC(c1ccc(C(F)(F)F)cc1)=CC2O. The van der Waals surface area contributed by atoms with Crippen molar-refractivity contribution in [1.82, 2.24) is 0 Å². The van der Waals surface area contributed by atoms with Gasteiger partial charge in [-0.1, -0.05) is 18.2 Å². The maximum atomic E-state index is 12.6. The Morgan fingerprint density at radius 2 is 1.75 bits per heavy atom. The minimum Gasteiger partial charge on any atom is -0.478 e. The second kappa shape index (κ2) is 5.68. The number of aliphatic hydroxyl groups is 1. The molecule has 1 unspecified atom stereocenters. The number of carboxylic acid groups (broad SMARTS) is 1. The first kappa shape index (κ1) is 16.1. The summed E-state index contributed by atoms with van der Waals surface area (Å²) in [6.07, 6.45) is -3.94. The Morgan fingerprint density at radius 1 is 1.08 bits per heavy atom. The van der Waals surface area contributed by atoms with Crippen LogP contribution in [0.25, 0.3) is 5.70 Å². The van der Waals surface area contributed by atoms with Crippen molar-refractivity contribution >= 4 is 17.4 Å². The topological polar surface area (TPSA) is 69.6 Å². The molecular weight excluding hydrogens is 323 g/mol. The molecule has 124 valence electrons. The molecule has 0 aromatic heterocycles. The molecule has 2 aromatic carbocycles. The van der Waals surface area contributed by atoms with Gasteiger partial charge >= 0.3 is 12.1 Å². The highest BCUT2D eigenvalue weighted by atomic mass is 19.4. The predicted octanol–water partition coefficient (Wildman–Crippen LogP) is 3.90. The number of carboxylic acids is 1. The van der Waals surface area contributed by atoms with Gasteiger partial charge < -0.3 is 15.5 Å². The number of nitrogens with one attached hydrogen (secondary N) is 1. The number of rotatable bonds is 2. The molecule has 0 spiro atoms. The smallest absolute Gasteiger partial charge is 0.416 e. The van der Waals surface area contributed by atoms with E-state index < -0.39 is 23.8 Å². The first-order valence-corrected chi connectivity index (χ1v) is 6.97. The third-order valence-corrected chi connectivity index (χ3v) is 3.74. The molecule has 3 N–H and O–H groups in total. The van der Waals surface area contributed by atoms with Gasteiger partial charge in [-0.15, -0.1) is 0 Å². The summed E-state index contributed by atoms with van der Waals surface area (Å²) in [5.74, 6) is -1.11. The highest BCUT2D eigenvalue weighted by Gasteiger charge is 2.30. The van der Waals surface area contributed by atoms with E-state index in [0.29, 0.717) is 22.5 Å². The Hall–Kier alpha value is -2.80. The van der Waals surface area contributed by atoms with E-state index in [1.165, 1.54) is 36.4 Å². The number of hydrogen-bond acceptors (Lipinski definition) is 3. The first-order chi connectivity index (χ1) is 11.3. The van der Waals surface area contributed by atoms with E-state index in [1.807, 2.05) is 0 Å². The Labute approximate surface area is 134 Å². The Kier molecular flexibility index (Phi) is 3.81. The fraction of sp³-hybridized carbons (Fsp3) is 0.118. The van der Waals surface area contributed by atoms with E-state index in [4.69, 9.17) is 5.11 Å². The van der Waals surface area contributed by atoms with Gasteiger partial charge in [0.25, 0.3) is 0 Å². The molecule has 0 radical (unpaired) electrons. The second-order valence-electron chi connectivity index (χ2n) is 5.33. The van der Waals surface area contributed by atoms with Crippen molar-refractivity contribution in [2.45, 2.75) is 12.3 Å². The number of anilines is 1. The Bertz CT molecular complexity index is 826. The van der Waals surface area contributed by atoms with Gasteiger partial charge in [0.1, 0.15) is 6.10 Å². The zero-order valence-electron chi connectivity index (χ0n) is 12.1. The van der Waals surface area contributed by atoms with Gasteiger partial charge in [-0.2, -0.15) is 13.2 Å². The zero-order valence-corrected chi connectivity index (χ0v) is 12.1. The standard InChI is InChI=1S/C17H12F3NO3/c18-17(19,20)11-4-1-9(2-5-11)13-8-15(22)12-6-3-10(16(23)24)7-14(12)21-13/h1-8,15,21-22H,(H,23,24). The molecular formula is C17H12F3NO3. The molecule has 0 saturated heterocycles. The van der Waals surface area contributed by atoms with Crippen LogP contribution >= 0.6 is 0 Å². The summed E-state index contributed by atoms with van der Waals surface area (Å²) in [5.41, 5.74) is 1.04. The molecule has 0 aliphatic carbocycles. The van der Waals surface area contributed by atoms with Crippen LogP contribution in [0.1, 0.15) is 33.2 Å². The fourth-order valence-electron chi connectivity index (χ4n) is 2.50. The summed E-state index contributed by atoms with van der Waals surface area (Å²) in [4.78, 5) is 11.0. The molecule has 4 nitrogen and oxygen atoms in total. The molecule has 1 aliphatic rings. The number of benzene rings is 2. The van der Waals surface area contributed by atoms with Crippen LogP contribution in [0.5, 0.6) is 0 Å². The fourth-order valence-corrected chi connectivity index (χ4v) is 2.50. The van der Waals surface area contributed by atoms with Crippen molar-refractivity contribution in [1.29, 1.82) is 0 Å². The van der Waals surface area contributed by atoms with Gasteiger partial charge in [-0.25, -0.2) is 4.79 Å². The highest BCUT2D eigenvalue weighted by Crippen LogP contribution is 2.36. The summed E-state index contributed by atoms with van der Waals surface area (Å²) in [6.45, 7) is 0. The van der Waals surface area contributed by atoms with E-state index in [2.05, 4.69) is 5.32 Å². The number of hydrogen-bond donors (Lipinski definition) is 3. The van der Waals surface area contributed by atoms with E-state index >= 15 is 0 Å². The summed E-state index contributed by atoms with van der Waals surface area (Å²) in [6, 6.07) is 8.74. The molecule has 7 heteroatoms. The van der Waals surface area contributed by atoms with Gasteiger partial charge in [-0.05, 0) is 35.9 Å². The number of aliphatic hydroxyl groups excluding tert-OH is 1. The van der Waals surface area contributed by atoms with E-state index in [-0.39, 0.29) is 5.56 Å². The summed E-state index contributed by atoms with van der Waals surface area (Å²) >= 11 is 0. The van der Waals surface area contributed by atoms with Gasteiger partial charge in [-0.3, -0.25) is 0 Å². The van der Waals surface area contributed by atoms with Crippen molar-refractivity contribution in [3.63, 3.8) is 0 Å². The van der Waals surface area contributed by atoms with Crippen molar-refractivity contribution in [3.05, 3.63) is 70.8 Å². The van der Waals surface area contributed by atoms with Crippen LogP contribution in [0.2, 0.25) is 0 Å². The van der Waals surface area contributed by atoms with Gasteiger partial charge in [0.2, 0.25) is 0 Å². The quantitative estimate of drug-likeness (QED) is 0.778. The summed E-state index contributed by atoms with van der Waals surface area (Å²) in [5, 5.41) is 22.1. The average molecular weight is 335 g/mol. The average Bonchev–Trinajstić information content (AvgIpc) is 2.53. The molecule has 0 amide bonds. The van der Waals surface area contributed by atoms with E-state index in [9.17, 15) is 23.1 Å². The lowest BCUT2D eigenvalue weighted by Crippen LogP contribution is -2.13. The molecule has 2 aromatic rings. The van der Waals surface area contributed by atoms with Gasteiger partial charge in [0.15, 0.2) is 0 Å². The lowest BCUT2D eigenvalue weighted by molar-refractivity contribution is -0.137. The molecule has 24 heavy (non-hydrogen) atoms. The van der Waals surface area contributed by atoms with Gasteiger partial charge in [0.05, 0.1) is 11.1 Å². The molecule has 0 bridgehead atoms. The predicted molar refractivity (Wildman–Crippen MR) is 81.4 cm³/mol. The van der Waals surface area contributed by atoms with Crippen molar-refractivity contribution in [3.8, 4) is 0 Å². The van der Waals surface area contributed by atoms with Crippen molar-refractivity contribution in [2.24, 2.45) is 0 Å². The van der Waals surface area contributed by atoms with Crippen LogP contribution in [0.3, 0.4) is 0 Å². The van der Waals surface area contributed by atoms with Crippen molar-refractivity contribution < 1.29 is 28.2 Å².